The maximum atomic E-state index is 9.61. The van der Waals surface area contributed by atoms with Crippen LogP contribution in [0.1, 0.15) is 30.7 Å². The topological polar surface area (TPSA) is 33.1 Å². The summed E-state index contributed by atoms with van der Waals surface area (Å²) in [6, 6.07) is 3.98. The lowest BCUT2D eigenvalue weighted by molar-refractivity contribution is 0.163. The van der Waals surface area contributed by atoms with E-state index in [4.69, 9.17) is 0 Å². The molecule has 1 fully saturated rings. The van der Waals surface area contributed by atoms with Gasteiger partial charge in [0.15, 0.2) is 0 Å². The molecule has 1 heterocycles. The third-order valence-corrected chi connectivity index (χ3v) is 2.59. The van der Waals surface area contributed by atoms with Crippen molar-refractivity contribution < 1.29 is 5.11 Å². The zero-order valence-corrected chi connectivity index (χ0v) is 6.98. The van der Waals surface area contributed by atoms with Crippen LogP contribution < -0.4 is 0 Å². The van der Waals surface area contributed by atoms with Gasteiger partial charge in [0.1, 0.15) is 0 Å². The van der Waals surface area contributed by atoms with Crippen molar-refractivity contribution in [2.75, 3.05) is 0 Å². The predicted octanol–water partition coefficient (Wildman–Crippen LogP) is 1.71. The smallest absolute Gasteiger partial charge is 0.0609 e. The Balaban J connectivity index is 2.19. The zero-order valence-electron chi connectivity index (χ0n) is 6.98. The number of hydrogen-bond donors (Lipinski definition) is 1. The molecule has 2 heteroatoms. The van der Waals surface area contributed by atoms with Gasteiger partial charge in [-0.2, -0.15) is 0 Å². The van der Waals surface area contributed by atoms with Crippen molar-refractivity contribution in [1.82, 2.24) is 4.98 Å². The molecule has 1 aromatic rings. The van der Waals surface area contributed by atoms with Crippen LogP contribution in [-0.2, 0) is 0 Å². The minimum absolute atomic E-state index is 0.144. The Labute approximate surface area is 72.3 Å². The molecule has 2 nitrogen and oxygen atoms in total. The Hall–Kier alpha value is -0.890. The van der Waals surface area contributed by atoms with E-state index < -0.39 is 0 Å². The molecule has 0 bridgehead atoms. The average Bonchev–Trinajstić information content (AvgIpc) is 2.53. The molecule has 0 spiro atoms. The first-order chi connectivity index (χ1) is 5.88. The molecule has 2 atom stereocenters. The van der Waals surface area contributed by atoms with Gasteiger partial charge in [-0.3, -0.25) is 4.98 Å². The van der Waals surface area contributed by atoms with Gasteiger partial charge in [0.25, 0.3) is 0 Å². The molecule has 12 heavy (non-hydrogen) atoms. The summed E-state index contributed by atoms with van der Waals surface area (Å²) >= 11 is 0. The molecule has 0 aliphatic heterocycles. The zero-order chi connectivity index (χ0) is 8.39. The van der Waals surface area contributed by atoms with Crippen LogP contribution in [0.3, 0.4) is 0 Å². The van der Waals surface area contributed by atoms with Crippen LogP contribution in [0.25, 0.3) is 0 Å². The van der Waals surface area contributed by atoms with Gasteiger partial charge in [0.05, 0.1) is 6.10 Å². The van der Waals surface area contributed by atoms with E-state index in [1.165, 1.54) is 5.56 Å². The Morgan fingerprint density at radius 2 is 2.33 bits per heavy atom. The van der Waals surface area contributed by atoms with Crippen LogP contribution in [-0.4, -0.2) is 16.2 Å². The molecular weight excluding hydrogens is 150 g/mol. The van der Waals surface area contributed by atoms with E-state index >= 15 is 0 Å². The van der Waals surface area contributed by atoms with E-state index in [9.17, 15) is 5.11 Å². The highest BCUT2D eigenvalue weighted by Gasteiger charge is 2.26. The fourth-order valence-electron chi connectivity index (χ4n) is 1.92. The van der Waals surface area contributed by atoms with Gasteiger partial charge in [0, 0.05) is 18.3 Å². The second-order valence-electron chi connectivity index (χ2n) is 3.39. The fourth-order valence-corrected chi connectivity index (χ4v) is 1.92. The van der Waals surface area contributed by atoms with E-state index in [0.717, 1.165) is 19.3 Å². The van der Waals surface area contributed by atoms with Gasteiger partial charge in [0.2, 0.25) is 0 Å². The van der Waals surface area contributed by atoms with Crippen LogP contribution in [0.4, 0.5) is 0 Å². The Bertz CT molecular complexity index is 247. The van der Waals surface area contributed by atoms with E-state index in [1.54, 1.807) is 6.20 Å². The summed E-state index contributed by atoms with van der Waals surface area (Å²) in [4.78, 5) is 4.05. The maximum absolute atomic E-state index is 9.61. The standard InChI is InChI=1S/C10H13NO/c12-10-5-1-4-9(10)8-3-2-6-11-7-8/h2-3,6-7,9-10,12H,1,4-5H2/t9-,10+/m1/s1. The lowest BCUT2D eigenvalue weighted by Gasteiger charge is -2.13. The molecule has 1 aliphatic carbocycles. The summed E-state index contributed by atoms with van der Waals surface area (Å²) in [7, 11) is 0. The first kappa shape index (κ1) is 7.74. The predicted molar refractivity (Wildman–Crippen MR) is 46.8 cm³/mol. The molecule has 0 saturated heterocycles. The fraction of sp³-hybridized carbons (Fsp3) is 0.500. The van der Waals surface area contributed by atoms with Gasteiger partial charge < -0.3 is 5.11 Å². The van der Waals surface area contributed by atoms with Crippen LogP contribution in [0.15, 0.2) is 24.5 Å². The second kappa shape index (κ2) is 3.23. The quantitative estimate of drug-likeness (QED) is 0.683. The Morgan fingerprint density at radius 1 is 1.42 bits per heavy atom. The van der Waals surface area contributed by atoms with Crippen molar-refractivity contribution in [1.29, 1.82) is 0 Å². The Kier molecular flexibility index (Phi) is 2.09. The average molecular weight is 163 g/mol. The number of rotatable bonds is 1. The highest BCUT2D eigenvalue weighted by Crippen LogP contribution is 2.33. The summed E-state index contributed by atoms with van der Waals surface area (Å²) < 4.78 is 0. The largest absolute Gasteiger partial charge is 0.392 e. The molecule has 2 rings (SSSR count). The summed E-state index contributed by atoms with van der Waals surface area (Å²) in [6.07, 6.45) is 6.67. The minimum atomic E-state index is -0.144. The highest BCUT2D eigenvalue weighted by atomic mass is 16.3. The summed E-state index contributed by atoms with van der Waals surface area (Å²) in [5.41, 5.74) is 1.18. The van der Waals surface area contributed by atoms with Crippen LogP contribution in [0, 0.1) is 0 Å². The number of pyridine rings is 1. The highest BCUT2D eigenvalue weighted by molar-refractivity contribution is 5.17. The number of aromatic nitrogens is 1. The van der Waals surface area contributed by atoms with Gasteiger partial charge in [-0.25, -0.2) is 0 Å². The van der Waals surface area contributed by atoms with Gasteiger partial charge in [-0.15, -0.1) is 0 Å². The first-order valence-corrected chi connectivity index (χ1v) is 4.46. The first-order valence-electron chi connectivity index (χ1n) is 4.46. The van der Waals surface area contributed by atoms with Crippen molar-refractivity contribution in [2.45, 2.75) is 31.3 Å². The number of nitrogens with zero attached hydrogens (tertiary/aromatic N) is 1. The number of aliphatic hydroxyl groups is 1. The van der Waals surface area contributed by atoms with E-state index in [-0.39, 0.29) is 6.10 Å². The molecule has 1 aromatic heterocycles. The molecular formula is C10H13NO. The lowest BCUT2D eigenvalue weighted by atomic mass is 9.98. The van der Waals surface area contributed by atoms with Gasteiger partial charge >= 0.3 is 0 Å². The maximum Gasteiger partial charge on any atom is 0.0609 e. The van der Waals surface area contributed by atoms with Crippen LogP contribution >= 0.6 is 0 Å². The van der Waals surface area contributed by atoms with E-state index in [2.05, 4.69) is 4.98 Å². The SMILES string of the molecule is O[C@H]1CCC[C@@H]1c1cccnc1. The summed E-state index contributed by atoms with van der Waals surface area (Å²) in [5.74, 6) is 0.332. The molecule has 0 amide bonds. The number of hydrogen-bond acceptors (Lipinski definition) is 2. The normalized spacial score (nSPS) is 29.1. The van der Waals surface area contributed by atoms with Gasteiger partial charge in [-0.1, -0.05) is 12.5 Å². The molecule has 0 radical (unpaired) electrons. The number of aliphatic hydroxyl groups excluding tert-OH is 1. The third kappa shape index (κ3) is 1.34. The van der Waals surface area contributed by atoms with E-state index in [0.29, 0.717) is 5.92 Å². The van der Waals surface area contributed by atoms with Crippen LogP contribution in [0.5, 0.6) is 0 Å². The van der Waals surface area contributed by atoms with Crippen LogP contribution in [0.2, 0.25) is 0 Å². The second-order valence-corrected chi connectivity index (χ2v) is 3.39. The Morgan fingerprint density at radius 3 is 2.92 bits per heavy atom. The van der Waals surface area contributed by atoms with E-state index in [1.807, 2.05) is 18.3 Å². The molecule has 0 unspecified atom stereocenters. The summed E-state index contributed by atoms with van der Waals surface area (Å²) in [6.45, 7) is 0. The van der Waals surface area contributed by atoms with Crippen molar-refractivity contribution in [3.63, 3.8) is 0 Å². The minimum Gasteiger partial charge on any atom is -0.392 e. The molecule has 0 aromatic carbocycles. The molecule has 1 aliphatic rings. The summed E-state index contributed by atoms with van der Waals surface area (Å²) in [5, 5.41) is 9.61. The monoisotopic (exact) mass is 163 g/mol. The third-order valence-electron chi connectivity index (χ3n) is 2.59. The van der Waals surface area contributed by atoms with Crippen molar-refractivity contribution in [3.8, 4) is 0 Å². The molecule has 1 saturated carbocycles. The molecule has 1 N–H and O–H groups in total. The molecule has 64 valence electrons. The van der Waals surface area contributed by atoms with Crippen molar-refractivity contribution in [3.05, 3.63) is 30.1 Å². The van der Waals surface area contributed by atoms with Crippen molar-refractivity contribution >= 4 is 0 Å². The lowest BCUT2D eigenvalue weighted by Crippen LogP contribution is -2.10. The van der Waals surface area contributed by atoms with Gasteiger partial charge in [-0.05, 0) is 24.5 Å². The van der Waals surface area contributed by atoms with Crippen molar-refractivity contribution in [2.24, 2.45) is 0 Å².